The van der Waals surface area contributed by atoms with Crippen molar-refractivity contribution in [3.8, 4) is 0 Å². The van der Waals surface area contributed by atoms with Crippen molar-refractivity contribution in [2.75, 3.05) is 5.43 Å². The summed E-state index contributed by atoms with van der Waals surface area (Å²) in [6, 6.07) is 1.84. The zero-order valence-corrected chi connectivity index (χ0v) is 8.01. The zero-order chi connectivity index (χ0) is 8.72. The topological polar surface area (TPSA) is 57.2 Å². The number of anilines is 1. The van der Waals surface area contributed by atoms with E-state index in [1.165, 1.54) is 0 Å². The third-order valence-electron chi connectivity index (χ3n) is 1.76. The summed E-state index contributed by atoms with van der Waals surface area (Å²) in [7, 11) is 0. The van der Waals surface area contributed by atoms with Crippen LogP contribution >= 0.6 is 15.9 Å². The molecule has 2 rings (SSSR count). The fraction of sp³-hybridized carbons (Fsp3) is 0.286. The second-order valence-electron chi connectivity index (χ2n) is 2.69. The predicted octanol–water partition coefficient (Wildman–Crippen LogP) is 1.07. The van der Waals surface area contributed by atoms with Gasteiger partial charge in [0.05, 0.1) is 5.69 Å². The Labute approximate surface area is 78.1 Å². The van der Waals surface area contributed by atoms with Gasteiger partial charge in [0.2, 0.25) is 0 Å². The number of fused-ring (bicyclic) bond motifs is 1. The maximum atomic E-state index is 9.41. The number of aromatic nitrogens is 1. The summed E-state index contributed by atoms with van der Waals surface area (Å²) in [6.07, 6.45) is -0.641. The van der Waals surface area contributed by atoms with Gasteiger partial charge in [-0.15, -0.1) is 0 Å². The highest BCUT2D eigenvalue weighted by Gasteiger charge is 2.22. The predicted molar refractivity (Wildman–Crippen MR) is 48.4 cm³/mol. The van der Waals surface area contributed by atoms with E-state index >= 15 is 0 Å². The van der Waals surface area contributed by atoms with E-state index in [-0.39, 0.29) is 0 Å². The van der Waals surface area contributed by atoms with Crippen molar-refractivity contribution in [3.63, 3.8) is 0 Å². The Morgan fingerprint density at radius 3 is 3.17 bits per heavy atom. The van der Waals surface area contributed by atoms with Crippen molar-refractivity contribution < 1.29 is 5.11 Å². The quantitative estimate of drug-likeness (QED) is 0.583. The minimum atomic E-state index is -0.641. The second-order valence-corrected chi connectivity index (χ2v) is 3.44. The molecule has 0 spiro atoms. The Hall–Kier alpha value is -0.650. The molecule has 0 saturated carbocycles. The van der Waals surface area contributed by atoms with Crippen LogP contribution in [0.5, 0.6) is 0 Å². The van der Waals surface area contributed by atoms with Gasteiger partial charge in [0, 0.05) is 11.3 Å². The fourth-order valence-corrected chi connectivity index (χ4v) is 1.82. The van der Waals surface area contributed by atoms with Gasteiger partial charge in [-0.3, -0.25) is 0 Å². The van der Waals surface area contributed by atoms with E-state index in [4.69, 9.17) is 0 Å². The van der Waals surface area contributed by atoms with E-state index in [1.807, 2.05) is 13.0 Å². The highest BCUT2D eigenvalue weighted by atomic mass is 79.9. The molecule has 0 aliphatic carbocycles. The number of rotatable bonds is 0. The number of aliphatic hydroxyl groups is 1. The summed E-state index contributed by atoms with van der Waals surface area (Å²) in [5.74, 6) is 0. The number of nitrogens with one attached hydrogen (secondary N) is 2. The van der Waals surface area contributed by atoms with Gasteiger partial charge >= 0.3 is 0 Å². The van der Waals surface area contributed by atoms with Crippen LogP contribution in [0.3, 0.4) is 0 Å². The minimum Gasteiger partial charge on any atom is -0.373 e. The lowest BCUT2D eigenvalue weighted by atomic mass is 10.2. The molecule has 12 heavy (non-hydrogen) atoms. The van der Waals surface area contributed by atoms with Crippen LogP contribution in [0.15, 0.2) is 10.7 Å². The Kier molecular flexibility index (Phi) is 1.79. The van der Waals surface area contributed by atoms with Crippen molar-refractivity contribution in [1.29, 1.82) is 0 Å². The van der Waals surface area contributed by atoms with Crippen molar-refractivity contribution in [1.82, 2.24) is 10.4 Å². The number of pyridine rings is 1. The van der Waals surface area contributed by atoms with Gasteiger partial charge in [-0.25, -0.2) is 10.4 Å². The van der Waals surface area contributed by atoms with Gasteiger partial charge in [-0.2, -0.15) is 0 Å². The molecule has 64 valence electrons. The molecule has 2 heterocycles. The van der Waals surface area contributed by atoms with E-state index in [9.17, 15) is 5.11 Å². The first-order chi connectivity index (χ1) is 5.68. The molecule has 1 aliphatic heterocycles. The summed E-state index contributed by atoms with van der Waals surface area (Å²) in [4.78, 5) is 4.18. The van der Waals surface area contributed by atoms with E-state index in [0.29, 0.717) is 0 Å². The number of nitrogens with zero attached hydrogens (tertiary/aromatic N) is 1. The standard InChI is InChI=1S/C7H8BrN3O/c1-3-2-4-5(6(8)9-3)10-11-7(4)12/h2,7,10-12H,1H3. The number of hydrogen-bond acceptors (Lipinski definition) is 4. The molecule has 4 nitrogen and oxygen atoms in total. The smallest absolute Gasteiger partial charge is 0.149 e. The summed E-state index contributed by atoms with van der Waals surface area (Å²) >= 11 is 3.30. The first kappa shape index (κ1) is 7.97. The normalized spacial score (nSPS) is 20.4. The number of hydrazine groups is 1. The average Bonchev–Trinajstić information content (AvgIpc) is 2.33. The molecule has 5 heteroatoms. The van der Waals surface area contributed by atoms with Crippen LogP contribution in [-0.4, -0.2) is 10.1 Å². The summed E-state index contributed by atoms with van der Waals surface area (Å²) in [5, 5.41) is 9.41. The van der Waals surface area contributed by atoms with Crippen molar-refractivity contribution in [2.24, 2.45) is 0 Å². The van der Waals surface area contributed by atoms with Crippen molar-refractivity contribution in [2.45, 2.75) is 13.2 Å². The van der Waals surface area contributed by atoms with Crippen molar-refractivity contribution >= 4 is 21.6 Å². The monoisotopic (exact) mass is 229 g/mol. The summed E-state index contributed by atoms with van der Waals surface area (Å²) in [6.45, 7) is 1.88. The molecule has 1 unspecified atom stereocenters. The van der Waals surface area contributed by atoms with Crippen LogP contribution in [0.2, 0.25) is 0 Å². The maximum absolute atomic E-state index is 9.41. The molecule has 0 saturated heterocycles. The van der Waals surface area contributed by atoms with E-state index in [1.54, 1.807) is 0 Å². The van der Waals surface area contributed by atoms with Crippen LogP contribution in [0, 0.1) is 6.92 Å². The largest absolute Gasteiger partial charge is 0.373 e. The van der Waals surface area contributed by atoms with Crippen molar-refractivity contribution in [3.05, 3.63) is 21.9 Å². The maximum Gasteiger partial charge on any atom is 0.149 e. The van der Waals surface area contributed by atoms with Crippen LogP contribution in [0.4, 0.5) is 5.69 Å². The highest BCUT2D eigenvalue weighted by molar-refractivity contribution is 9.10. The van der Waals surface area contributed by atoms with Gasteiger partial charge < -0.3 is 10.5 Å². The Balaban J connectivity index is 2.60. The molecule has 3 N–H and O–H groups in total. The SMILES string of the molecule is Cc1cc2c(c(Br)n1)NNC2O. The molecule has 0 bridgehead atoms. The molecule has 0 fully saturated rings. The van der Waals surface area contributed by atoms with Gasteiger partial charge in [-0.1, -0.05) is 0 Å². The molecule has 1 aromatic heterocycles. The molecule has 1 aromatic rings. The van der Waals surface area contributed by atoms with Crippen LogP contribution in [0.1, 0.15) is 17.5 Å². The van der Waals surface area contributed by atoms with E-state index < -0.39 is 6.23 Å². The Bertz CT molecular complexity index is 329. The molecular weight excluding hydrogens is 222 g/mol. The van der Waals surface area contributed by atoms with Gasteiger partial charge in [0.1, 0.15) is 10.8 Å². The number of aryl methyl sites for hydroxylation is 1. The lowest BCUT2D eigenvalue weighted by molar-refractivity contribution is 0.159. The number of hydrogen-bond donors (Lipinski definition) is 3. The number of halogens is 1. The van der Waals surface area contributed by atoms with Gasteiger partial charge in [0.25, 0.3) is 0 Å². The molecular formula is C7H8BrN3O. The van der Waals surface area contributed by atoms with Gasteiger partial charge in [-0.05, 0) is 28.9 Å². The van der Waals surface area contributed by atoms with E-state index in [0.717, 1.165) is 21.5 Å². The zero-order valence-electron chi connectivity index (χ0n) is 6.43. The van der Waals surface area contributed by atoms with Crippen LogP contribution < -0.4 is 10.9 Å². The first-order valence-electron chi connectivity index (χ1n) is 3.55. The van der Waals surface area contributed by atoms with E-state index in [2.05, 4.69) is 31.8 Å². The van der Waals surface area contributed by atoms with Gasteiger partial charge in [0.15, 0.2) is 0 Å². The lowest BCUT2D eigenvalue weighted by Crippen LogP contribution is -2.17. The second kappa shape index (κ2) is 2.69. The fourth-order valence-electron chi connectivity index (χ4n) is 1.22. The van der Waals surface area contributed by atoms with Crippen LogP contribution in [0.25, 0.3) is 0 Å². The Morgan fingerprint density at radius 1 is 1.67 bits per heavy atom. The molecule has 0 amide bonds. The first-order valence-corrected chi connectivity index (χ1v) is 4.34. The summed E-state index contributed by atoms with van der Waals surface area (Å²) in [5.41, 5.74) is 8.05. The third-order valence-corrected chi connectivity index (χ3v) is 2.34. The molecule has 0 radical (unpaired) electrons. The highest BCUT2D eigenvalue weighted by Crippen LogP contribution is 2.32. The molecule has 1 aliphatic rings. The Morgan fingerprint density at radius 2 is 2.42 bits per heavy atom. The summed E-state index contributed by atoms with van der Waals surface area (Å²) < 4.78 is 0.724. The molecule has 1 atom stereocenters. The lowest BCUT2D eigenvalue weighted by Gasteiger charge is -2.02. The average molecular weight is 230 g/mol. The third kappa shape index (κ3) is 1.10. The number of aliphatic hydroxyl groups excluding tert-OH is 1. The molecule has 0 aromatic carbocycles. The van der Waals surface area contributed by atoms with Crippen LogP contribution in [-0.2, 0) is 0 Å². The minimum absolute atomic E-state index is 0.641.